The summed E-state index contributed by atoms with van der Waals surface area (Å²) in [5, 5.41) is 10.9. The maximum Gasteiger partial charge on any atom is 0.333 e. The molecule has 2 fully saturated rings. The van der Waals surface area contributed by atoms with Crippen molar-refractivity contribution in [2.45, 2.75) is 129 Å². The number of unbranched alkanes of at least 4 members (excludes halogenated alkanes) is 1. The van der Waals surface area contributed by atoms with Crippen molar-refractivity contribution in [3.05, 3.63) is 77.4 Å². The molecular formula is C40H56O5Si. The van der Waals surface area contributed by atoms with Crippen LogP contribution in [0.3, 0.4) is 0 Å². The van der Waals surface area contributed by atoms with Gasteiger partial charge in [-0.2, -0.15) is 0 Å². The molecular weight excluding hydrogens is 589 g/mol. The predicted molar refractivity (Wildman–Crippen MR) is 190 cm³/mol. The monoisotopic (exact) mass is 644 g/mol. The van der Waals surface area contributed by atoms with Gasteiger partial charge in [-0.05, 0) is 91.6 Å². The number of hydrogen-bond donors (Lipinski definition) is 1. The van der Waals surface area contributed by atoms with Gasteiger partial charge in [-0.3, -0.25) is 0 Å². The van der Waals surface area contributed by atoms with E-state index in [0.717, 1.165) is 28.5 Å². The molecule has 0 amide bonds. The zero-order valence-electron chi connectivity index (χ0n) is 29.0. The first kappa shape index (κ1) is 35.7. The molecule has 2 aromatic carbocycles. The van der Waals surface area contributed by atoms with E-state index in [1.54, 1.807) is 13.8 Å². The minimum atomic E-state index is -1.08. The highest BCUT2D eigenvalue weighted by Crippen LogP contribution is 2.48. The van der Waals surface area contributed by atoms with Crippen LogP contribution in [-0.2, 0) is 32.3 Å². The van der Waals surface area contributed by atoms with Crippen molar-refractivity contribution in [1.29, 1.82) is 0 Å². The van der Waals surface area contributed by atoms with Crippen LogP contribution >= 0.6 is 0 Å². The topological polar surface area (TPSA) is 72.8 Å². The number of carbonyl (C=O) groups excluding carboxylic acids is 2. The van der Waals surface area contributed by atoms with E-state index in [1.165, 1.54) is 75.8 Å². The summed E-state index contributed by atoms with van der Waals surface area (Å²) in [5.41, 5.74) is 5.71. The van der Waals surface area contributed by atoms with Crippen LogP contribution < -0.4 is 0 Å². The van der Waals surface area contributed by atoms with Crippen LogP contribution in [0.5, 0.6) is 5.75 Å². The second kappa shape index (κ2) is 16.1. The molecule has 2 aliphatic carbocycles. The zero-order valence-corrected chi connectivity index (χ0v) is 30.0. The Balaban J connectivity index is 1.39. The standard InChI is InChI=1S/C40H56O5Si/c1-8-9-22-46(6,7)37-20-18-32(19-21-37)31-12-10-29(11-13-31)30-14-16-33(17-15-30)34-23-35(25-44-39(42)27(2)3)38(41)36(24-34)26-45-40(43)28(4)5/h14-17,23-24,29,31-32,37,41H,2,4,8-13,18-22,25-26H2,1,3,5-7H3. The van der Waals surface area contributed by atoms with E-state index >= 15 is 0 Å². The third-order valence-electron chi connectivity index (χ3n) is 10.9. The highest BCUT2D eigenvalue weighted by Gasteiger charge is 2.37. The molecule has 6 heteroatoms. The third-order valence-corrected chi connectivity index (χ3v) is 15.3. The molecule has 0 heterocycles. The van der Waals surface area contributed by atoms with Gasteiger partial charge in [0.15, 0.2) is 0 Å². The molecule has 2 aromatic rings. The van der Waals surface area contributed by atoms with Gasteiger partial charge in [0.05, 0.1) is 8.07 Å². The van der Waals surface area contributed by atoms with Gasteiger partial charge in [-0.25, -0.2) is 9.59 Å². The molecule has 2 aliphatic rings. The van der Waals surface area contributed by atoms with Gasteiger partial charge in [0.2, 0.25) is 0 Å². The minimum Gasteiger partial charge on any atom is -0.507 e. The largest absolute Gasteiger partial charge is 0.507 e. The van der Waals surface area contributed by atoms with Crippen LogP contribution in [0.25, 0.3) is 11.1 Å². The lowest BCUT2D eigenvalue weighted by atomic mass is 9.70. The van der Waals surface area contributed by atoms with Crippen molar-refractivity contribution >= 4 is 20.0 Å². The smallest absolute Gasteiger partial charge is 0.333 e. The summed E-state index contributed by atoms with van der Waals surface area (Å²) in [7, 11) is -1.08. The van der Waals surface area contributed by atoms with Crippen LogP contribution in [0.1, 0.15) is 108 Å². The van der Waals surface area contributed by atoms with E-state index in [1.807, 2.05) is 12.1 Å². The summed E-state index contributed by atoms with van der Waals surface area (Å²) >= 11 is 0. The second-order valence-electron chi connectivity index (χ2n) is 14.8. The van der Waals surface area contributed by atoms with Crippen LogP contribution in [0.4, 0.5) is 0 Å². The lowest BCUT2D eigenvalue weighted by Gasteiger charge is -2.42. The van der Waals surface area contributed by atoms with Crippen LogP contribution in [0.15, 0.2) is 60.7 Å². The first-order chi connectivity index (χ1) is 21.9. The number of hydrogen-bond acceptors (Lipinski definition) is 5. The SMILES string of the molecule is C=C(C)C(=O)OCc1cc(-c2ccc(C3CCC(C4CCC([Si](C)(C)CCCC)CC4)CC3)cc2)cc(COC(=O)C(=C)C)c1O. The van der Waals surface area contributed by atoms with Crippen molar-refractivity contribution in [3.8, 4) is 16.9 Å². The first-order valence-electron chi connectivity index (χ1n) is 17.5. The van der Waals surface area contributed by atoms with Crippen molar-refractivity contribution < 1.29 is 24.2 Å². The Kier molecular flexibility index (Phi) is 12.5. The zero-order chi connectivity index (χ0) is 33.4. The van der Waals surface area contributed by atoms with E-state index in [9.17, 15) is 14.7 Å². The van der Waals surface area contributed by atoms with E-state index in [2.05, 4.69) is 57.4 Å². The summed E-state index contributed by atoms with van der Waals surface area (Å²) in [4.78, 5) is 24.1. The molecule has 0 unspecified atom stereocenters. The Morgan fingerprint density at radius 3 is 1.72 bits per heavy atom. The Labute approximate surface area is 278 Å². The summed E-state index contributed by atoms with van der Waals surface area (Å²) < 4.78 is 10.7. The number of carbonyl (C=O) groups is 2. The molecule has 0 radical (unpaired) electrons. The van der Waals surface area contributed by atoms with Gasteiger partial charge in [0, 0.05) is 22.3 Å². The van der Waals surface area contributed by atoms with Gasteiger partial charge >= 0.3 is 11.9 Å². The van der Waals surface area contributed by atoms with Gasteiger partial charge in [-0.1, -0.05) is 102 Å². The molecule has 0 atom stereocenters. The summed E-state index contributed by atoms with van der Waals surface area (Å²) in [6.07, 6.45) is 13.8. The maximum atomic E-state index is 12.1. The number of benzene rings is 2. The number of phenols is 1. The molecule has 0 aliphatic heterocycles. The molecule has 2 saturated carbocycles. The quantitative estimate of drug-likeness (QED) is 0.133. The lowest BCUT2D eigenvalue weighted by molar-refractivity contribution is -0.140. The average Bonchev–Trinajstić information content (AvgIpc) is 3.06. The fourth-order valence-corrected chi connectivity index (χ4v) is 11.3. The Morgan fingerprint density at radius 2 is 1.26 bits per heavy atom. The van der Waals surface area contributed by atoms with E-state index in [0.29, 0.717) is 17.0 Å². The number of ether oxygens (including phenoxy) is 2. The van der Waals surface area contributed by atoms with Crippen molar-refractivity contribution in [2.24, 2.45) is 11.8 Å². The van der Waals surface area contributed by atoms with Crippen LogP contribution in [0.2, 0.25) is 24.7 Å². The molecule has 250 valence electrons. The third kappa shape index (κ3) is 9.24. The molecule has 1 N–H and O–H groups in total. The highest BCUT2D eigenvalue weighted by molar-refractivity contribution is 6.78. The molecule has 0 saturated heterocycles. The number of phenolic OH excluding ortho intramolecular Hbond substituents is 1. The van der Waals surface area contributed by atoms with Crippen molar-refractivity contribution in [1.82, 2.24) is 0 Å². The van der Waals surface area contributed by atoms with Crippen LogP contribution in [0, 0.1) is 11.8 Å². The van der Waals surface area contributed by atoms with Gasteiger partial charge in [0.25, 0.3) is 0 Å². The lowest BCUT2D eigenvalue weighted by Crippen LogP contribution is -2.36. The first-order valence-corrected chi connectivity index (χ1v) is 20.8. The molecule has 4 rings (SSSR count). The van der Waals surface area contributed by atoms with E-state index in [4.69, 9.17) is 9.47 Å². The summed E-state index contributed by atoms with van der Waals surface area (Å²) in [6, 6.07) is 13.9. The number of esters is 2. The van der Waals surface area contributed by atoms with Gasteiger partial charge in [-0.15, -0.1) is 0 Å². The average molecular weight is 645 g/mol. The summed E-state index contributed by atoms with van der Waals surface area (Å²) in [6.45, 7) is 17.8. The van der Waals surface area contributed by atoms with Crippen molar-refractivity contribution in [3.63, 3.8) is 0 Å². The molecule has 46 heavy (non-hydrogen) atoms. The van der Waals surface area contributed by atoms with E-state index in [-0.39, 0.29) is 30.1 Å². The molecule has 0 aromatic heterocycles. The molecule has 0 spiro atoms. The normalized spacial score (nSPS) is 21.8. The van der Waals surface area contributed by atoms with Crippen molar-refractivity contribution in [2.75, 3.05) is 0 Å². The highest BCUT2D eigenvalue weighted by atomic mass is 28.3. The molecule has 5 nitrogen and oxygen atoms in total. The Bertz CT molecular complexity index is 1320. The number of rotatable bonds is 13. The molecule has 0 bridgehead atoms. The fraction of sp³-hybridized carbons (Fsp3) is 0.550. The second-order valence-corrected chi connectivity index (χ2v) is 20.1. The summed E-state index contributed by atoms with van der Waals surface area (Å²) in [5.74, 6) is 1.30. The Hall–Kier alpha value is -3.12. The predicted octanol–water partition coefficient (Wildman–Crippen LogP) is 10.6. The van der Waals surface area contributed by atoms with Gasteiger partial charge in [0.1, 0.15) is 19.0 Å². The number of aromatic hydroxyl groups is 1. The van der Waals surface area contributed by atoms with Gasteiger partial charge < -0.3 is 14.6 Å². The fourth-order valence-electron chi connectivity index (χ4n) is 7.76. The Morgan fingerprint density at radius 1 is 0.783 bits per heavy atom. The maximum absolute atomic E-state index is 12.1. The van der Waals surface area contributed by atoms with E-state index < -0.39 is 20.0 Å². The minimum absolute atomic E-state index is 0.0584. The van der Waals surface area contributed by atoms with Crippen LogP contribution in [-0.4, -0.2) is 25.1 Å².